The number of carbonyl (C=O) groups is 1. The van der Waals surface area contributed by atoms with Crippen LogP contribution in [-0.2, 0) is 0 Å². The van der Waals surface area contributed by atoms with Crippen LogP contribution in [0.5, 0.6) is 0 Å². The van der Waals surface area contributed by atoms with Gasteiger partial charge in [0.2, 0.25) is 0 Å². The second kappa shape index (κ2) is 6.32. The van der Waals surface area contributed by atoms with Crippen LogP contribution < -0.4 is 10.6 Å². The van der Waals surface area contributed by atoms with Gasteiger partial charge in [-0.05, 0) is 57.5 Å². The Labute approximate surface area is 135 Å². The average Bonchev–Trinajstić information content (AvgIpc) is 2.43. The van der Waals surface area contributed by atoms with E-state index in [-0.39, 0.29) is 17.1 Å². The molecule has 116 valence electrons. The van der Waals surface area contributed by atoms with Crippen LogP contribution in [0.2, 0.25) is 5.02 Å². The van der Waals surface area contributed by atoms with Crippen molar-refractivity contribution in [2.45, 2.75) is 33.2 Å². The Kier molecular flexibility index (Phi) is 4.66. The fourth-order valence-electron chi connectivity index (χ4n) is 1.81. The fourth-order valence-corrected chi connectivity index (χ4v) is 1.98. The summed E-state index contributed by atoms with van der Waals surface area (Å²) >= 11 is 6.08. The van der Waals surface area contributed by atoms with E-state index in [1.165, 1.54) is 0 Å². The number of carbonyl (C=O) groups excluding carboxylic acids is 1. The van der Waals surface area contributed by atoms with Crippen LogP contribution in [0.25, 0.3) is 0 Å². The Morgan fingerprint density at radius 2 is 1.86 bits per heavy atom. The van der Waals surface area contributed by atoms with Gasteiger partial charge in [-0.25, -0.2) is 0 Å². The summed E-state index contributed by atoms with van der Waals surface area (Å²) in [5.41, 5.74) is 1.76. The minimum atomic E-state index is -0.312. The van der Waals surface area contributed by atoms with Crippen LogP contribution >= 0.6 is 11.6 Å². The first-order valence-electron chi connectivity index (χ1n) is 6.95. The van der Waals surface area contributed by atoms with Gasteiger partial charge in [-0.2, -0.15) is 0 Å². The second-order valence-electron chi connectivity index (χ2n) is 6.05. The standard InChI is InChI=1S/C16H19ClN4O/c1-10-11(17)6-5-7-12(10)18-14-9-8-13(20-21-14)15(22)19-16(2,3)4/h5-9H,1-4H3,(H,18,21)(H,19,22). The first kappa shape index (κ1) is 16.2. The summed E-state index contributed by atoms with van der Waals surface area (Å²) in [6, 6.07) is 8.94. The monoisotopic (exact) mass is 318 g/mol. The topological polar surface area (TPSA) is 66.9 Å². The minimum absolute atomic E-state index is 0.245. The smallest absolute Gasteiger partial charge is 0.272 e. The molecule has 0 aliphatic carbocycles. The van der Waals surface area contributed by atoms with E-state index < -0.39 is 0 Å². The molecule has 22 heavy (non-hydrogen) atoms. The number of hydrogen-bond acceptors (Lipinski definition) is 4. The summed E-state index contributed by atoms with van der Waals surface area (Å²) in [7, 11) is 0. The first-order valence-corrected chi connectivity index (χ1v) is 7.32. The molecule has 0 saturated heterocycles. The van der Waals surface area contributed by atoms with Gasteiger partial charge >= 0.3 is 0 Å². The molecule has 5 nitrogen and oxygen atoms in total. The molecule has 0 unspecified atom stereocenters. The van der Waals surface area contributed by atoms with Gasteiger partial charge in [0.1, 0.15) is 0 Å². The van der Waals surface area contributed by atoms with Crippen molar-refractivity contribution in [1.29, 1.82) is 0 Å². The fraction of sp³-hybridized carbons (Fsp3) is 0.312. The quantitative estimate of drug-likeness (QED) is 0.905. The Morgan fingerprint density at radius 1 is 1.14 bits per heavy atom. The SMILES string of the molecule is Cc1c(Cl)cccc1Nc1ccc(C(=O)NC(C)(C)C)nn1. The summed E-state index contributed by atoms with van der Waals surface area (Å²) in [6.45, 7) is 7.66. The molecule has 0 atom stereocenters. The Morgan fingerprint density at radius 3 is 2.45 bits per heavy atom. The molecule has 0 radical (unpaired) electrons. The Bertz CT molecular complexity index is 678. The normalized spacial score (nSPS) is 11.1. The van der Waals surface area contributed by atoms with Gasteiger partial charge in [0, 0.05) is 16.2 Å². The Balaban J connectivity index is 2.12. The highest BCUT2D eigenvalue weighted by molar-refractivity contribution is 6.31. The van der Waals surface area contributed by atoms with Gasteiger partial charge < -0.3 is 10.6 Å². The van der Waals surface area contributed by atoms with Gasteiger partial charge in [0.15, 0.2) is 11.5 Å². The molecule has 0 bridgehead atoms. The van der Waals surface area contributed by atoms with Gasteiger partial charge in [0.05, 0.1) is 0 Å². The number of nitrogens with one attached hydrogen (secondary N) is 2. The first-order chi connectivity index (χ1) is 10.3. The number of anilines is 2. The largest absolute Gasteiger partial charge is 0.346 e. The molecule has 0 aliphatic heterocycles. The predicted molar refractivity (Wildman–Crippen MR) is 88.7 cm³/mol. The number of benzene rings is 1. The molecule has 2 rings (SSSR count). The zero-order valence-corrected chi connectivity index (χ0v) is 13.8. The van der Waals surface area contributed by atoms with Crippen molar-refractivity contribution in [3.05, 3.63) is 46.6 Å². The zero-order valence-electron chi connectivity index (χ0n) is 13.1. The molecule has 0 saturated carbocycles. The van der Waals surface area contributed by atoms with E-state index in [4.69, 9.17) is 11.6 Å². The van der Waals surface area contributed by atoms with Gasteiger partial charge in [-0.15, -0.1) is 10.2 Å². The molecule has 0 fully saturated rings. The maximum Gasteiger partial charge on any atom is 0.272 e. The molecule has 0 spiro atoms. The molecule has 0 aliphatic rings. The molecule has 6 heteroatoms. The van der Waals surface area contributed by atoms with Crippen molar-refractivity contribution in [2.75, 3.05) is 5.32 Å². The van der Waals surface area contributed by atoms with E-state index >= 15 is 0 Å². The molecule has 1 aromatic carbocycles. The summed E-state index contributed by atoms with van der Waals surface area (Å²) in [5.74, 6) is 0.308. The van der Waals surface area contributed by atoms with E-state index in [1.54, 1.807) is 12.1 Å². The number of hydrogen-bond donors (Lipinski definition) is 2. The highest BCUT2D eigenvalue weighted by atomic mass is 35.5. The lowest BCUT2D eigenvalue weighted by Crippen LogP contribution is -2.41. The molecular formula is C16H19ClN4O. The van der Waals surface area contributed by atoms with E-state index in [0.717, 1.165) is 11.3 Å². The number of amides is 1. The maximum atomic E-state index is 12.0. The van der Waals surface area contributed by atoms with E-state index in [0.29, 0.717) is 10.8 Å². The van der Waals surface area contributed by atoms with E-state index in [9.17, 15) is 4.79 Å². The number of nitrogens with zero attached hydrogens (tertiary/aromatic N) is 2. The van der Waals surface area contributed by atoms with Gasteiger partial charge in [-0.1, -0.05) is 17.7 Å². The lowest BCUT2D eigenvalue weighted by atomic mass is 10.1. The molecule has 1 heterocycles. The molecule has 1 amide bonds. The van der Waals surface area contributed by atoms with Crippen LogP contribution in [0.15, 0.2) is 30.3 Å². The van der Waals surface area contributed by atoms with Crippen molar-refractivity contribution in [1.82, 2.24) is 15.5 Å². The highest BCUT2D eigenvalue weighted by Gasteiger charge is 2.16. The second-order valence-corrected chi connectivity index (χ2v) is 6.45. The van der Waals surface area contributed by atoms with Crippen LogP contribution in [0, 0.1) is 6.92 Å². The molecule has 2 aromatic rings. The van der Waals surface area contributed by atoms with Gasteiger partial charge in [0.25, 0.3) is 5.91 Å². The van der Waals surface area contributed by atoms with E-state index in [2.05, 4.69) is 20.8 Å². The van der Waals surface area contributed by atoms with Crippen LogP contribution in [0.3, 0.4) is 0 Å². The van der Waals surface area contributed by atoms with Crippen molar-refractivity contribution < 1.29 is 4.79 Å². The number of rotatable bonds is 3. The molecule has 1 aromatic heterocycles. The molecular weight excluding hydrogens is 300 g/mol. The Hall–Kier alpha value is -2.14. The van der Waals surface area contributed by atoms with Crippen molar-refractivity contribution in [3.63, 3.8) is 0 Å². The third kappa shape index (κ3) is 4.18. The lowest BCUT2D eigenvalue weighted by molar-refractivity contribution is 0.0913. The van der Waals surface area contributed by atoms with Crippen LogP contribution in [-0.4, -0.2) is 21.6 Å². The average molecular weight is 319 g/mol. The molecule has 2 N–H and O–H groups in total. The van der Waals surface area contributed by atoms with Crippen LogP contribution in [0.1, 0.15) is 36.8 Å². The maximum absolute atomic E-state index is 12.0. The number of aromatic nitrogens is 2. The van der Waals surface area contributed by atoms with Crippen molar-refractivity contribution >= 4 is 29.0 Å². The predicted octanol–water partition coefficient (Wildman–Crippen LogP) is 3.71. The van der Waals surface area contributed by atoms with Crippen LogP contribution in [0.4, 0.5) is 11.5 Å². The summed E-state index contributed by atoms with van der Waals surface area (Å²) in [6.07, 6.45) is 0. The third-order valence-corrected chi connectivity index (χ3v) is 3.33. The minimum Gasteiger partial charge on any atom is -0.346 e. The summed E-state index contributed by atoms with van der Waals surface area (Å²) < 4.78 is 0. The zero-order chi connectivity index (χ0) is 16.3. The summed E-state index contributed by atoms with van der Waals surface area (Å²) in [5, 5.41) is 14.6. The summed E-state index contributed by atoms with van der Waals surface area (Å²) in [4.78, 5) is 12.0. The number of halogens is 1. The lowest BCUT2D eigenvalue weighted by Gasteiger charge is -2.19. The van der Waals surface area contributed by atoms with Crippen molar-refractivity contribution in [3.8, 4) is 0 Å². The van der Waals surface area contributed by atoms with E-state index in [1.807, 2.05) is 45.9 Å². The highest BCUT2D eigenvalue weighted by Crippen LogP contribution is 2.25. The van der Waals surface area contributed by atoms with Gasteiger partial charge in [-0.3, -0.25) is 4.79 Å². The third-order valence-electron chi connectivity index (χ3n) is 2.92. The van der Waals surface area contributed by atoms with Crippen molar-refractivity contribution in [2.24, 2.45) is 0 Å².